The number of ether oxygens (including phenoxy) is 2. The van der Waals surface area contributed by atoms with Gasteiger partial charge in [-0.25, -0.2) is 0 Å². The average Bonchev–Trinajstić information content (AvgIpc) is 2.77. The first-order valence-corrected chi connectivity index (χ1v) is 7.18. The molecule has 0 bridgehead atoms. The first-order valence-electron chi connectivity index (χ1n) is 5.74. The smallest absolute Gasteiger partial charge is 0.286 e. The summed E-state index contributed by atoms with van der Waals surface area (Å²) >= 11 is 0. The summed E-state index contributed by atoms with van der Waals surface area (Å²) in [5.74, 6) is 0.0945. The third-order valence-electron chi connectivity index (χ3n) is 2.76. The van der Waals surface area contributed by atoms with Crippen molar-refractivity contribution in [3.8, 4) is 11.5 Å². The van der Waals surface area contributed by atoms with Gasteiger partial charge in [-0.3, -0.25) is 4.79 Å². The maximum absolute atomic E-state index is 12.4. The van der Waals surface area contributed by atoms with Crippen molar-refractivity contribution in [3.63, 3.8) is 0 Å². The molecule has 0 atom stereocenters. The van der Waals surface area contributed by atoms with Gasteiger partial charge in [0.1, 0.15) is 0 Å². The van der Waals surface area contributed by atoms with Crippen LogP contribution in [0.5, 0.6) is 11.5 Å². The first-order chi connectivity index (χ1) is 9.40. The van der Waals surface area contributed by atoms with Crippen molar-refractivity contribution in [1.29, 1.82) is 0 Å². The highest BCUT2D eigenvalue weighted by atomic mass is 32.2. The highest BCUT2D eigenvalue weighted by Gasteiger charge is 2.34. The van der Waals surface area contributed by atoms with Gasteiger partial charge < -0.3 is 9.47 Å². The molecule has 0 aliphatic carbocycles. The number of hydrogen-bond acceptors (Lipinski definition) is 6. The van der Waals surface area contributed by atoms with Crippen molar-refractivity contribution in [1.82, 2.24) is 4.41 Å². The number of nitrogens with zero attached hydrogens (tertiary/aromatic N) is 2. The fraction of sp³-hybridized carbons (Fsp3) is 0.333. The fourth-order valence-corrected chi connectivity index (χ4v) is 3.07. The molecule has 8 heteroatoms. The normalized spacial score (nSPS) is 15.2. The lowest BCUT2D eigenvalue weighted by molar-refractivity contribution is -0.124. The zero-order valence-corrected chi connectivity index (χ0v) is 12.1. The van der Waals surface area contributed by atoms with E-state index in [9.17, 15) is 13.2 Å². The standard InChI is InChI=1S/C12H14N2O5S/c1-8-6-12(15)14(13-8)20(16,17)9-4-5-10(18-2)11(7-9)19-3/h4-5,7H,6H2,1-3H3. The van der Waals surface area contributed by atoms with Gasteiger partial charge in [0.25, 0.3) is 15.9 Å². The van der Waals surface area contributed by atoms with Gasteiger partial charge in [-0.1, -0.05) is 0 Å². The van der Waals surface area contributed by atoms with E-state index in [1.54, 1.807) is 6.92 Å². The van der Waals surface area contributed by atoms with Crippen molar-refractivity contribution in [2.24, 2.45) is 5.10 Å². The molecule has 2 rings (SSSR count). The molecule has 20 heavy (non-hydrogen) atoms. The van der Waals surface area contributed by atoms with E-state index in [1.807, 2.05) is 0 Å². The molecule has 108 valence electrons. The summed E-state index contributed by atoms with van der Waals surface area (Å²) in [4.78, 5) is 11.6. The van der Waals surface area contributed by atoms with E-state index in [0.29, 0.717) is 15.9 Å². The molecule has 0 fully saturated rings. The van der Waals surface area contributed by atoms with Crippen LogP contribution in [-0.2, 0) is 14.8 Å². The minimum absolute atomic E-state index is 0.00647. The molecule has 0 saturated heterocycles. The van der Waals surface area contributed by atoms with E-state index >= 15 is 0 Å². The fourth-order valence-electron chi connectivity index (χ4n) is 1.80. The lowest BCUT2D eigenvalue weighted by atomic mass is 10.3. The van der Waals surface area contributed by atoms with Crippen LogP contribution >= 0.6 is 0 Å². The third-order valence-corrected chi connectivity index (χ3v) is 4.35. The van der Waals surface area contributed by atoms with E-state index in [2.05, 4.69) is 5.10 Å². The van der Waals surface area contributed by atoms with Crippen molar-refractivity contribution >= 4 is 21.6 Å². The Labute approximate surface area is 116 Å². The third kappa shape index (κ3) is 2.34. The van der Waals surface area contributed by atoms with Crippen LogP contribution in [0.25, 0.3) is 0 Å². The van der Waals surface area contributed by atoms with Gasteiger partial charge in [0, 0.05) is 11.8 Å². The zero-order valence-electron chi connectivity index (χ0n) is 11.3. The van der Waals surface area contributed by atoms with Crippen LogP contribution in [0.15, 0.2) is 28.2 Å². The van der Waals surface area contributed by atoms with Crippen LogP contribution in [-0.4, -0.2) is 38.7 Å². The Morgan fingerprint density at radius 3 is 2.35 bits per heavy atom. The van der Waals surface area contributed by atoms with Crippen LogP contribution < -0.4 is 9.47 Å². The Kier molecular flexibility index (Phi) is 3.67. The number of carbonyl (C=O) groups excluding carboxylic acids is 1. The molecular formula is C12H14N2O5S. The number of benzene rings is 1. The van der Waals surface area contributed by atoms with E-state index in [-0.39, 0.29) is 17.1 Å². The molecular weight excluding hydrogens is 284 g/mol. The molecule has 0 unspecified atom stereocenters. The quantitative estimate of drug-likeness (QED) is 0.828. The highest BCUT2D eigenvalue weighted by molar-refractivity contribution is 7.89. The Hall–Kier alpha value is -2.09. The highest BCUT2D eigenvalue weighted by Crippen LogP contribution is 2.31. The maximum Gasteiger partial charge on any atom is 0.286 e. The summed E-state index contributed by atoms with van der Waals surface area (Å²) in [5, 5.41) is 3.76. The van der Waals surface area contributed by atoms with Crippen molar-refractivity contribution < 1.29 is 22.7 Å². The van der Waals surface area contributed by atoms with Gasteiger partial charge in [-0.15, -0.1) is 4.41 Å². The molecule has 0 N–H and O–H groups in total. The van der Waals surface area contributed by atoms with E-state index in [0.717, 1.165) is 0 Å². The van der Waals surface area contributed by atoms with E-state index in [4.69, 9.17) is 9.47 Å². The van der Waals surface area contributed by atoms with Crippen LogP contribution in [0.1, 0.15) is 13.3 Å². The summed E-state index contributed by atoms with van der Waals surface area (Å²) in [5.41, 5.74) is 0.457. The molecule has 1 amide bonds. The van der Waals surface area contributed by atoms with Crippen LogP contribution in [0.2, 0.25) is 0 Å². The molecule has 7 nitrogen and oxygen atoms in total. The zero-order chi connectivity index (χ0) is 14.9. The molecule has 0 radical (unpaired) electrons. The average molecular weight is 298 g/mol. The second-order valence-electron chi connectivity index (χ2n) is 4.17. The molecule has 1 aromatic carbocycles. The van der Waals surface area contributed by atoms with Crippen molar-refractivity contribution in [2.75, 3.05) is 14.2 Å². The Morgan fingerprint density at radius 1 is 1.20 bits per heavy atom. The molecule has 1 heterocycles. The van der Waals surface area contributed by atoms with Crippen LogP contribution in [0, 0.1) is 0 Å². The van der Waals surface area contributed by atoms with Gasteiger partial charge in [-0.05, 0) is 19.1 Å². The lowest BCUT2D eigenvalue weighted by Crippen LogP contribution is -2.28. The summed E-state index contributed by atoms with van der Waals surface area (Å²) < 4.78 is 35.3. The maximum atomic E-state index is 12.4. The summed E-state index contributed by atoms with van der Waals surface area (Å²) in [7, 11) is -1.17. The second kappa shape index (κ2) is 5.12. The van der Waals surface area contributed by atoms with Gasteiger partial charge in [-0.2, -0.15) is 13.5 Å². The minimum atomic E-state index is -4.02. The van der Waals surface area contributed by atoms with Gasteiger partial charge in [0.2, 0.25) is 0 Å². The Balaban J connectivity index is 2.47. The molecule has 1 aliphatic rings. The predicted molar refractivity (Wildman–Crippen MR) is 71.3 cm³/mol. The number of methoxy groups -OCH3 is 2. The lowest BCUT2D eigenvalue weighted by Gasteiger charge is -2.14. The SMILES string of the molecule is COc1ccc(S(=O)(=O)N2N=C(C)CC2=O)cc1OC. The van der Waals surface area contributed by atoms with E-state index in [1.165, 1.54) is 32.4 Å². The second-order valence-corrected chi connectivity index (χ2v) is 5.94. The molecule has 1 aliphatic heterocycles. The monoisotopic (exact) mass is 298 g/mol. The number of sulfonamides is 1. The first kappa shape index (κ1) is 14.3. The molecule has 0 aromatic heterocycles. The van der Waals surface area contributed by atoms with Crippen LogP contribution in [0.4, 0.5) is 0 Å². The minimum Gasteiger partial charge on any atom is -0.493 e. The number of rotatable bonds is 4. The van der Waals surface area contributed by atoms with Gasteiger partial charge in [0.05, 0.1) is 25.5 Å². The number of hydrogen-bond donors (Lipinski definition) is 0. The molecule has 0 saturated carbocycles. The van der Waals surface area contributed by atoms with Crippen molar-refractivity contribution in [3.05, 3.63) is 18.2 Å². The number of carbonyl (C=O) groups is 1. The summed E-state index contributed by atoms with van der Waals surface area (Å²) in [6, 6.07) is 4.10. The largest absolute Gasteiger partial charge is 0.493 e. The van der Waals surface area contributed by atoms with Gasteiger partial charge >= 0.3 is 0 Å². The van der Waals surface area contributed by atoms with E-state index < -0.39 is 15.9 Å². The Morgan fingerprint density at radius 2 is 1.85 bits per heavy atom. The molecule has 1 aromatic rings. The summed E-state index contributed by atoms with van der Waals surface area (Å²) in [6.45, 7) is 1.60. The summed E-state index contributed by atoms with van der Waals surface area (Å²) in [6.07, 6.45) is 0.00647. The number of amides is 1. The number of hydrazone groups is 1. The van der Waals surface area contributed by atoms with Crippen molar-refractivity contribution in [2.45, 2.75) is 18.2 Å². The Bertz CT molecular complexity index is 681. The predicted octanol–water partition coefficient (Wildman–Crippen LogP) is 1.00. The molecule has 0 spiro atoms. The van der Waals surface area contributed by atoms with Gasteiger partial charge in [0.15, 0.2) is 11.5 Å². The topological polar surface area (TPSA) is 85.3 Å². The van der Waals surface area contributed by atoms with Crippen LogP contribution in [0.3, 0.4) is 0 Å².